The number of hydrogen-bond donors (Lipinski definition) is 2. The first-order valence-electron chi connectivity index (χ1n) is 8.48. The second-order valence-corrected chi connectivity index (χ2v) is 6.41. The Morgan fingerprint density at radius 2 is 1.83 bits per heavy atom. The minimum Gasteiger partial charge on any atom is -0.332 e. The van der Waals surface area contributed by atoms with E-state index in [1.54, 1.807) is 6.92 Å². The van der Waals surface area contributed by atoms with Crippen LogP contribution in [0.3, 0.4) is 0 Å². The van der Waals surface area contributed by atoms with E-state index in [9.17, 15) is 9.59 Å². The van der Waals surface area contributed by atoms with Gasteiger partial charge in [-0.1, -0.05) is 26.0 Å². The molecule has 2 rings (SSSR count). The summed E-state index contributed by atoms with van der Waals surface area (Å²) in [5.74, 6) is 0.698. The number of amides is 2. The lowest BCUT2D eigenvalue weighted by atomic mass is 9.99. The number of benzene rings is 1. The van der Waals surface area contributed by atoms with E-state index >= 15 is 0 Å². The quantitative estimate of drug-likeness (QED) is 0.847. The molecule has 0 spiro atoms. The molecule has 1 aliphatic heterocycles. The average Bonchev–Trinajstić information content (AvgIpc) is 2.55. The summed E-state index contributed by atoms with van der Waals surface area (Å²) in [6, 6.07) is 8.12. The van der Waals surface area contributed by atoms with Crippen LogP contribution in [-0.2, 0) is 9.59 Å². The van der Waals surface area contributed by atoms with Crippen LogP contribution in [0.15, 0.2) is 24.3 Å². The van der Waals surface area contributed by atoms with Crippen LogP contribution in [-0.4, -0.2) is 49.4 Å². The average molecular weight is 318 g/mol. The highest BCUT2D eigenvalue weighted by Crippen LogP contribution is 2.20. The van der Waals surface area contributed by atoms with Crippen molar-refractivity contribution < 1.29 is 14.5 Å². The summed E-state index contributed by atoms with van der Waals surface area (Å²) < 4.78 is 0. The van der Waals surface area contributed by atoms with Crippen LogP contribution in [0.25, 0.3) is 0 Å². The van der Waals surface area contributed by atoms with Crippen LogP contribution in [0.5, 0.6) is 0 Å². The van der Waals surface area contributed by atoms with Crippen LogP contribution in [0, 0.1) is 0 Å². The molecule has 5 heteroatoms. The van der Waals surface area contributed by atoms with Gasteiger partial charge in [0.05, 0.1) is 26.2 Å². The van der Waals surface area contributed by atoms with Crippen molar-refractivity contribution >= 4 is 17.5 Å². The van der Waals surface area contributed by atoms with E-state index in [2.05, 4.69) is 31.3 Å². The third-order valence-electron chi connectivity index (χ3n) is 4.70. The molecule has 2 amide bonds. The molecule has 1 atom stereocenters. The fourth-order valence-electron chi connectivity index (χ4n) is 2.88. The first-order valence-corrected chi connectivity index (χ1v) is 8.48. The Hall–Kier alpha value is -1.88. The number of piperazine rings is 1. The van der Waals surface area contributed by atoms with Crippen molar-refractivity contribution in [3.8, 4) is 0 Å². The Bertz CT molecular complexity index is 534. The first-order chi connectivity index (χ1) is 11.0. The van der Waals surface area contributed by atoms with Crippen LogP contribution in [0.1, 0.15) is 38.7 Å². The van der Waals surface area contributed by atoms with Crippen LogP contribution < -0.4 is 10.2 Å². The van der Waals surface area contributed by atoms with E-state index in [0.29, 0.717) is 12.5 Å². The number of rotatable bonds is 5. The summed E-state index contributed by atoms with van der Waals surface area (Å²) in [5, 5.41) is 2.97. The van der Waals surface area contributed by atoms with Crippen LogP contribution in [0.2, 0.25) is 0 Å². The number of carbonyl (C=O) groups excluding carboxylic acids is 2. The van der Waals surface area contributed by atoms with E-state index in [0.717, 1.165) is 38.3 Å². The van der Waals surface area contributed by atoms with Gasteiger partial charge >= 0.3 is 0 Å². The van der Waals surface area contributed by atoms with Gasteiger partial charge in [0.2, 0.25) is 5.91 Å². The summed E-state index contributed by atoms with van der Waals surface area (Å²) in [7, 11) is 0. The molecule has 2 N–H and O–H groups in total. The maximum absolute atomic E-state index is 12.2. The Morgan fingerprint density at radius 1 is 1.22 bits per heavy atom. The van der Waals surface area contributed by atoms with E-state index in [-0.39, 0.29) is 11.8 Å². The summed E-state index contributed by atoms with van der Waals surface area (Å²) in [5.41, 5.74) is 2.15. The van der Waals surface area contributed by atoms with E-state index < -0.39 is 0 Å². The second-order valence-electron chi connectivity index (χ2n) is 6.41. The van der Waals surface area contributed by atoms with Gasteiger partial charge in [-0.3, -0.25) is 9.59 Å². The summed E-state index contributed by atoms with van der Waals surface area (Å²) in [4.78, 5) is 26.5. The lowest BCUT2D eigenvalue weighted by Gasteiger charge is -2.31. The molecule has 1 saturated heterocycles. The molecule has 1 aromatic rings. The minimum atomic E-state index is 0.0348. The molecule has 5 nitrogen and oxygen atoms in total. The van der Waals surface area contributed by atoms with Crippen LogP contribution in [0.4, 0.5) is 5.69 Å². The topological polar surface area (TPSA) is 53.9 Å². The van der Waals surface area contributed by atoms with Crippen molar-refractivity contribution in [2.24, 2.45) is 0 Å². The molecule has 1 fully saturated rings. The molecule has 23 heavy (non-hydrogen) atoms. The van der Waals surface area contributed by atoms with Crippen LogP contribution >= 0.6 is 0 Å². The van der Waals surface area contributed by atoms with Gasteiger partial charge in [-0.2, -0.15) is 0 Å². The van der Waals surface area contributed by atoms with Crippen molar-refractivity contribution in [1.29, 1.82) is 0 Å². The van der Waals surface area contributed by atoms with E-state index in [4.69, 9.17) is 0 Å². The predicted octanol–water partition coefficient (Wildman–Crippen LogP) is 0.886. The van der Waals surface area contributed by atoms with Gasteiger partial charge in [-0.25, -0.2) is 0 Å². The molecule has 1 aliphatic rings. The van der Waals surface area contributed by atoms with Gasteiger partial charge in [0, 0.05) is 12.6 Å². The monoisotopic (exact) mass is 318 g/mol. The Balaban J connectivity index is 1.80. The molecule has 0 radical (unpaired) electrons. The molecule has 0 unspecified atom stereocenters. The van der Waals surface area contributed by atoms with Crippen molar-refractivity contribution in [3.63, 3.8) is 0 Å². The number of nitrogens with zero attached hydrogens (tertiary/aromatic N) is 1. The zero-order valence-corrected chi connectivity index (χ0v) is 14.4. The number of hydrogen-bond acceptors (Lipinski definition) is 2. The molecular formula is C18H28N3O2+. The second kappa shape index (κ2) is 8.11. The Kier molecular flexibility index (Phi) is 6.16. The van der Waals surface area contributed by atoms with E-state index in [1.165, 1.54) is 10.5 Å². The lowest BCUT2D eigenvalue weighted by Crippen LogP contribution is -3.15. The zero-order chi connectivity index (χ0) is 16.8. The smallest absolute Gasteiger partial charge is 0.279 e. The Morgan fingerprint density at radius 3 is 2.35 bits per heavy atom. The highest BCUT2D eigenvalue weighted by atomic mass is 16.2. The van der Waals surface area contributed by atoms with Gasteiger partial charge in [-0.05, 0) is 30.0 Å². The molecule has 1 aromatic carbocycles. The molecule has 0 aliphatic carbocycles. The fraction of sp³-hybridized carbons (Fsp3) is 0.556. The largest absolute Gasteiger partial charge is 0.332 e. The molecule has 1 heterocycles. The summed E-state index contributed by atoms with van der Waals surface area (Å²) >= 11 is 0. The molecule has 126 valence electrons. The fourth-order valence-corrected chi connectivity index (χ4v) is 2.88. The SMILES string of the molecule is CC[C@H](C)c1ccc(NC(=O)C[NH+]2CCN(C(C)=O)CC2)cc1. The maximum Gasteiger partial charge on any atom is 0.279 e. The number of anilines is 1. The van der Waals surface area contributed by atoms with Crippen molar-refractivity contribution in [3.05, 3.63) is 29.8 Å². The Labute approximate surface area is 138 Å². The predicted molar refractivity (Wildman–Crippen MR) is 91.6 cm³/mol. The minimum absolute atomic E-state index is 0.0348. The highest BCUT2D eigenvalue weighted by Gasteiger charge is 2.23. The number of carbonyl (C=O) groups is 2. The molecule has 0 aromatic heterocycles. The van der Waals surface area contributed by atoms with Gasteiger partial charge in [0.25, 0.3) is 5.91 Å². The van der Waals surface area contributed by atoms with E-state index in [1.807, 2.05) is 17.0 Å². The first kappa shape index (κ1) is 17.5. The zero-order valence-electron chi connectivity index (χ0n) is 14.4. The normalized spacial score (nSPS) is 16.9. The maximum atomic E-state index is 12.2. The lowest BCUT2D eigenvalue weighted by molar-refractivity contribution is -0.895. The number of quaternary nitrogens is 1. The summed E-state index contributed by atoms with van der Waals surface area (Å²) in [6.45, 7) is 9.58. The molecule has 0 bridgehead atoms. The van der Waals surface area contributed by atoms with Gasteiger partial charge < -0.3 is 15.1 Å². The van der Waals surface area contributed by atoms with Crippen molar-refractivity contribution in [2.45, 2.75) is 33.1 Å². The summed E-state index contributed by atoms with van der Waals surface area (Å²) in [6.07, 6.45) is 1.11. The third kappa shape index (κ3) is 5.06. The van der Waals surface area contributed by atoms with Gasteiger partial charge in [0.1, 0.15) is 0 Å². The van der Waals surface area contributed by atoms with Gasteiger partial charge in [0.15, 0.2) is 6.54 Å². The molecule has 0 saturated carbocycles. The standard InChI is InChI=1S/C18H27N3O2/c1-4-14(2)16-5-7-17(8-6-16)19-18(23)13-20-9-11-21(12-10-20)15(3)22/h5-8,14H,4,9-13H2,1-3H3,(H,19,23)/p+1/t14-/m0/s1. The van der Waals surface area contributed by atoms with Gasteiger partial charge in [-0.15, -0.1) is 0 Å². The molecular weight excluding hydrogens is 290 g/mol. The number of nitrogens with one attached hydrogen (secondary N) is 2. The van der Waals surface area contributed by atoms with Crippen molar-refractivity contribution in [1.82, 2.24) is 4.90 Å². The van der Waals surface area contributed by atoms with Crippen molar-refractivity contribution in [2.75, 3.05) is 38.0 Å². The third-order valence-corrected chi connectivity index (χ3v) is 4.70. The highest BCUT2D eigenvalue weighted by molar-refractivity contribution is 5.91.